The lowest BCUT2D eigenvalue weighted by Crippen LogP contribution is -2.26. The molecule has 0 aromatic heterocycles. The molecule has 0 radical (unpaired) electrons. The zero-order valence-corrected chi connectivity index (χ0v) is 13.5. The minimum atomic E-state index is 0.0733. The Hall–Kier alpha value is -2.00. The topological polar surface area (TPSA) is 0 Å². The molecule has 0 nitrogen and oxygen atoms in total. The van der Waals surface area contributed by atoms with E-state index in [2.05, 4.69) is 76.1 Å². The Morgan fingerprint density at radius 3 is 2.14 bits per heavy atom. The Morgan fingerprint density at radius 1 is 0.952 bits per heavy atom. The van der Waals surface area contributed by atoms with Crippen molar-refractivity contribution in [3.8, 4) is 12.3 Å². The molecule has 0 heteroatoms. The molecule has 2 rings (SSSR count). The van der Waals surface area contributed by atoms with Crippen molar-refractivity contribution in [3.63, 3.8) is 0 Å². The highest BCUT2D eigenvalue weighted by molar-refractivity contribution is 5.47. The molecule has 0 aliphatic heterocycles. The largest absolute Gasteiger partial charge is 0.115 e. The maximum Gasteiger partial charge on any atom is 0.0272 e. The molecule has 2 aromatic rings. The third-order valence-corrected chi connectivity index (χ3v) is 4.71. The molecular formula is C21H24. The molecular weight excluding hydrogens is 252 g/mol. The van der Waals surface area contributed by atoms with Crippen LogP contribution < -0.4 is 0 Å². The van der Waals surface area contributed by atoms with Gasteiger partial charge in [0.15, 0.2) is 0 Å². The van der Waals surface area contributed by atoms with Gasteiger partial charge in [0.1, 0.15) is 0 Å². The summed E-state index contributed by atoms with van der Waals surface area (Å²) in [6.45, 7) is 8.81. The second-order valence-electron chi connectivity index (χ2n) is 5.83. The molecule has 0 aliphatic carbocycles. The molecule has 0 saturated heterocycles. The van der Waals surface area contributed by atoms with Crippen LogP contribution in [0.5, 0.6) is 0 Å². The minimum Gasteiger partial charge on any atom is -0.115 e. The van der Waals surface area contributed by atoms with E-state index in [0.29, 0.717) is 0 Å². The van der Waals surface area contributed by atoms with Crippen LogP contribution in [0.4, 0.5) is 0 Å². The van der Waals surface area contributed by atoms with Crippen molar-refractivity contribution < 1.29 is 0 Å². The highest BCUT2D eigenvalue weighted by atomic mass is 14.3. The third-order valence-electron chi connectivity index (χ3n) is 4.71. The normalized spacial score (nSPS) is 11.2. The fourth-order valence-corrected chi connectivity index (χ4v) is 3.30. The van der Waals surface area contributed by atoms with Gasteiger partial charge in [-0.15, -0.1) is 6.42 Å². The first kappa shape index (κ1) is 15.4. The highest BCUT2D eigenvalue weighted by Crippen LogP contribution is 2.39. The quantitative estimate of drug-likeness (QED) is 0.657. The summed E-state index contributed by atoms with van der Waals surface area (Å²) in [4.78, 5) is 0. The van der Waals surface area contributed by atoms with E-state index >= 15 is 0 Å². The molecule has 0 amide bonds. The fourth-order valence-electron chi connectivity index (χ4n) is 3.30. The van der Waals surface area contributed by atoms with E-state index in [4.69, 9.17) is 6.42 Å². The van der Waals surface area contributed by atoms with Gasteiger partial charge >= 0.3 is 0 Å². The molecule has 0 spiro atoms. The van der Waals surface area contributed by atoms with Gasteiger partial charge < -0.3 is 0 Å². The lowest BCUT2D eigenvalue weighted by atomic mass is 9.70. The Kier molecular flexibility index (Phi) is 4.53. The van der Waals surface area contributed by atoms with E-state index in [1.54, 1.807) is 0 Å². The van der Waals surface area contributed by atoms with Crippen molar-refractivity contribution >= 4 is 0 Å². The van der Waals surface area contributed by atoms with E-state index in [-0.39, 0.29) is 5.41 Å². The van der Waals surface area contributed by atoms with Crippen LogP contribution in [-0.2, 0) is 5.41 Å². The van der Waals surface area contributed by atoms with Gasteiger partial charge in [-0.2, -0.15) is 0 Å². The van der Waals surface area contributed by atoms with Crippen molar-refractivity contribution in [2.24, 2.45) is 0 Å². The van der Waals surface area contributed by atoms with E-state index in [9.17, 15) is 0 Å². The molecule has 0 aliphatic rings. The first-order valence-corrected chi connectivity index (χ1v) is 7.72. The zero-order chi connectivity index (χ0) is 15.5. The lowest BCUT2D eigenvalue weighted by Gasteiger charge is -2.34. The van der Waals surface area contributed by atoms with Crippen LogP contribution in [0.25, 0.3) is 0 Å². The second kappa shape index (κ2) is 6.19. The summed E-state index contributed by atoms with van der Waals surface area (Å²) in [5.74, 6) is 2.76. The van der Waals surface area contributed by atoms with E-state index < -0.39 is 0 Å². The van der Waals surface area contributed by atoms with Gasteiger partial charge in [-0.25, -0.2) is 0 Å². The lowest BCUT2D eigenvalue weighted by molar-refractivity contribution is 0.478. The van der Waals surface area contributed by atoms with Gasteiger partial charge in [0.2, 0.25) is 0 Å². The summed E-state index contributed by atoms with van der Waals surface area (Å²) < 4.78 is 0. The van der Waals surface area contributed by atoms with Crippen molar-refractivity contribution in [2.75, 3.05) is 0 Å². The van der Waals surface area contributed by atoms with Gasteiger partial charge in [0.05, 0.1) is 0 Å². The van der Waals surface area contributed by atoms with E-state index in [0.717, 1.165) is 18.4 Å². The summed E-state index contributed by atoms with van der Waals surface area (Å²) in [7, 11) is 0. The monoisotopic (exact) mass is 276 g/mol. The van der Waals surface area contributed by atoms with Gasteiger partial charge in [0, 0.05) is 11.0 Å². The van der Waals surface area contributed by atoms with Crippen LogP contribution in [0.3, 0.4) is 0 Å². The molecule has 0 saturated carbocycles. The Labute approximate surface area is 129 Å². The number of aryl methyl sites for hydroxylation is 2. The molecule has 21 heavy (non-hydrogen) atoms. The maximum atomic E-state index is 5.56. The van der Waals surface area contributed by atoms with Gasteiger partial charge in [-0.05, 0) is 49.4 Å². The van der Waals surface area contributed by atoms with Crippen LogP contribution in [0, 0.1) is 26.2 Å². The zero-order valence-electron chi connectivity index (χ0n) is 13.5. The number of hydrogen-bond donors (Lipinski definition) is 0. The molecule has 2 aromatic carbocycles. The van der Waals surface area contributed by atoms with Crippen molar-refractivity contribution in [2.45, 2.75) is 46.0 Å². The summed E-state index contributed by atoms with van der Waals surface area (Å²) in [5.41, 5.74) is 6.34. The average molecular weight is 276 g/mol. The Morgan fingerprint density at radius 2 is 1.62 bits per heavy atom. The number of terminal acetylenes is 1. The molecule has 0 fully saturated rings. The van der Waals surface area contributed by atoms with Crippen LogP contribution in [0.2, 0.25) is 0 Å². The van der Waals surface area contributed by atoms with Crippen LogP contribution in [0.1, 0.15) is 54.5 Å². The first-order valence-electron chi connectivity index (χ1n) is 7.72. The van der Waals surface area contributed by atoms with Crippen molar-refractivity contribution in [3.05, 3.63) is 70.3 Å². The average Bonchev–Trinajstić information content (AvgIpc) is 2.49. The third kappa shape index (κ3) is 2.74. The predicted molar refractivity (Wildman–Crippen MR) is 91.7 cm³/mol. The minimum absolute atomic E-state index is 0.0733. The summed E-state index contributed by atoms with van der Waals surface area (Å²) in [6, 6.07) is 15.4. The van der Waals surface area contributed by atoms with Crippen LogP contribution in [-0.4, -0.2) is 0 Å². The van der Waals surface area contributed by atoms with Gasteiger partial charge in [-0.3, -0.25) is 0 Å². The number of hydrogen-bond acceptors (Lipinski definition) is 0. The smallest absolute Gasteiger partial charge is 0.0272 e. The van der Waals surface area contributed by atoms with E-state index in [1.807, 2.05) is 0 Å². The number of benzene rings is 2. The predicted octanol–water partition coefficient (Wildman–Crippen LogP) is 5.39. The summed E-state index contributed by atoms with van der Waals surface area (Å²) in [6.07, 6.45) is 7.73. The number of rotatable bonds is 4. The Bertz CT molecular complexity index is 667. The van der Waals surface area contributed by atoms with E-state index in [1.165, 1.54) is 22.3 Å². The van der Waals surface area contributed by atoms with Crippen LogP contribution in [0.15, 0.2) is 42.5 Å². The molecule has 0 atom stereocenters. The standard InChI is InChI=1S/C21H24/c1-6-18-12-13-20(15-17(18)5)21(7-2,8-3)19-11-9-10-16(4)14-19/h1,9-15H,7-8H2,2-5H3. The van der Waals surface area contributed by atoms with Gasteiger partial charge in [-0.1, -0.05) is 61.7 Å². The summed E-state index contributed by atoms with van der Waals surface area (Å²) in [5, 5.41) is 0. The molecule has 0 N–H and O–H groups in total. The molecule has 0 unspecified atom stereocenters. The molecule has 0 heterocycles. The summed E-state index contributed by atoms with van der Waals surface area (Å²) >= 11 is 0. The van der Waals surface area contributed by atoms with Gasteiger partial charge in [0.25, 0.3) is 0 Å². The van der Waals surface area contributed by atoms with Crippen LogP contribution >= 0.6 is 0 Å². The highest BCUT2D eigenvalue weighted by Gasteiger charge is 2.30. The second-order valence-corrected chi connectivity index (χ2v) is 5.83. The van der Waals surface area contributed by atoms with Crippen molar-refractivity contribution in [1.29, 1.82) is 0 Å². The maximum absolute atomic E-state index is 5.56. The first-order chi connectivity index (χ1) is 10.1. The molecule has 108 valence electrons. The van der Waals surface area contributed by atoms with Crippen molar-refractivity contribution in [1.82, 2.24) is 0 Å². The SMILES string of the molecule is C#Cc1ccc(C(CC)(CC)c2cccc(C)c2)cc1C. The molecule has 0 bridgehead atoms. The fraction of sp³-hybridized carbons (Fsp3) is 0.333. The Balaban J connectivity index is 2.63.